The van der Waals surface area contributed by atoms with Crippen molar-refractivity contribution in [2.75, 3.05) is 19.8 Å². The largest absolute Gasteiger partial charge is 0.482 e. The molecule has 116 valence electrons. The van der Waals surface area contributed by atoms with Crippen LogP contribution in [0.5, 0.6) is 5.75 Å². The quantitative estimate of drug-likeness (QED) is 0.922. The molecule has 1 atom stereocenters. The van der Waals surface area contributed by atoms with Crippen molar-refractivity contribution in [1.29, 1.82) is 0 Å². The van der Waals surface area contributed by atoms with E-state index in [0.717, 1.165) is 25.7 Å². The first-order valence-corrected chi connectivity index (χ1v) is 7.85. The lowest BCUT2D eigenvalue weighted by atomic mass is 10.1. The summed E-state index contributed by atoms with van der Waals surface area (Å²) in [7, 11) is 0. The Balaban J connectivity index is 1.98. The number of ether oxygens (including phenoxy) is 1. The molecule has 0 bridgehead atoms. The summed E-state index contributed by atoms with van der Waals surface area (Å²) in [6.07, 6.45) is 3.91. The number of likely N-dealkylation sites (tertiary alicyclic amines) is 1. The molecular formula is C15H19Cl2NO3. The van der Waals surface area contributed by atoms with Crippen LogP contribution in [0.1, 0.15) is 25.7 Å². The van der Waals surface area contributed by atoms with E-state index in [4.69, 9.17) is 27.9 Å². The minimum atomic E-state index is -0.132. The van der Waals surface area contributed by atoms with Gasteiger partial charge in [-0.1, -0.05) is 36.0 Å². The molecule has 1 N–H and O–H groups in total. The molecule has 4 nitrogen and oxygen atoms in total. The third kappa shape index (κ3) is 4.50. The number of carbonyl (C=O) groups is 1. The van der Waals surface area contributed by atoms with E-state index < -0.39 is 0 Å². The molecule has 0 saturated carbocycles. The van der Waals surface area contributed by atoms with Gasteiger partial charge in [0.2, 0.25) is 0 Å². The predicted molar refractivity (Wildman–Crippen MR) is 83.0 cm³/mol. The molecule has 1 saturated heterocycles. The normalized spacial score (nSPS) is 19.2. The summed E-state index contributed by atoms with van der Waals surface area (Å²) in [5.41, 5.74) is 0. The lowest BCUT2D eigenvalue weighted by Crippen LogP contribution is -2.44. The second kappa shape index (κ2) is 7.87. The third-order valence-corrected chi connectivity index (χ3v) is 4.20. The van der Waals surface area contributed by atoms with Gasteiger partial charge in [-0.3, -0.25) is 4.79 Å². The van der Waals surface area contributed by atoms with Crippen molar-refractivity contribution >= 4 is 29.1 Å². The van der Waals surface area contributed by atoms with Gasteiger partial charge in [0.05, 0.1) is 17.7 Å². The third-order valence-electron chi connectivity index (χ3n) is 3.65. The summed E-state index contributed by atoms with van der Waals surface area (Å²) in [6, 6.07) is 4.77. The van der Waals surface area contributed by atoms with Gasteiger partial charge in [-0.25, -0.2) is 0 Å². The molecule has 0 aromatic heterocycles. The van der Waals surface area contributed by atoms with Crippen LogP contribution in [0.2, 0.25) is 10.0 Å². The number of hydrogen-bond donors (Lipinski definition) is 1. The minimum Gasteiger partial charge on any atom is -0.482 e. The standard InChI is InChI=1S/C15H19Cl2NO3/c16-11-5-6-13(17)14(8-11)21-10-15(20)18-7-3-1-2-4-12(18)9-19/h5-6,8,12,19H,1-4,7,9-10H2. The Bertz CT molecular complexity index is 496. The fraction of sp³-hybridized carbons (Fsp3) is 0.533. The molecule has 1 amide bonds. The highest BCUT2D eigenvalue weighted by Gasteiger charge is 2.25. The second-order valence-electron chi connectivity index (χ2n) is 5.14. The van der Waals surface area contributed by atoms with Crippen molar-refractivity contribution in [3.8, 4) is 5.75 Å². The molecule has 0 aliphatic carbocycles. The van der Waals surface area contributed by atoms with Crippen LogP contribution in [-0.2, 0) is 4.79 Å². The Labute approximate surface area is 134 Å². The molecule has 1 aliphatic rings. The van der Waals surface area contributed by atoms with E-state index in [9.17, 15) is 9.90 Å². The van der Waals surface area contributed by atoms with Gasteiger partial charge in [-0.05, 0) is 25.0 Å². The van der Waals surface area contributed by atoms with Crippen molar-refractivity contribution in [3.05, 3.63) is 28.2 Å². The van der Waals surface area contributed by atoms with Gasteiger partial charge in [0.15, 0.2) is 6.61 Å². The van der Waals surface area contributed by atoms with E-state index in [-0.39, 0.29) is 25.2 Å². The van der Waals surface area contributed by atoms with Gasteiger partial charge in [-0.2, -0.15) is 0 Å². The Morgan fingerprint density at radius 2 is 2.14 bits per heavy atom. The number of carbonyl (C=O) groups excluding carboxylic acids is 1. The van der Waals surface area contributed by atoms with Gasteiger partial charge in [-0.15, -0.1) is 0 Å². The lowest BCUT2D eigenvalue weighted by Gasteiger charge is -2.28. The zero-order valence-electron chi connectivity index (χ0n) is 11.7. The van der Waals surface area contributed by atoms with E-state index >= 15 is 0 Å². The topological polar surface area (TPSA) is 49.8 Å². The number of amides is 1. The van der Waals surface area contributed by atoms with Crippen LogP contribution in [0.25, 0.3) is 0 Å². The Kier molecular flexibility index (Phi) is 6.15. The Hall–Kier alpha value is -0.970. The molecule has 1 heterocycles. The number of aliphatic hydroxyl groups excluding tert-OH is 1. The summed E-state index contributed by atoms with van der Waals surface area (Å²) in [6.45, 7) is 0.553. The zero-order chi connectivity index (χ0) is 15.2. The first kappa shape index (κ1) is 16.4. The molecule has 2 rings (SSSR count). The predicted octanol–water partition coefficient (Wildman–Crippen LogP) is 3.14. The first-order valence-electron chi connectivity index (χ1n) is 7.10. The number of nitrogens with zero attached hydrogens (tertiary/aromatic N) is 1. The van der Waals surface area contributed by atoms with Crippen LogP contribution in [0, 0.1) is 0 Å². The summed E-state index contributed by atoms with van der Waals surface area (Å²) in [5, 5.41) is 10.4. The van der Waals surface area contributed by atoms with E-state index in [0.29, 0.717) is 22.3 Å². The lowest BCUT2D eigenvalue weighted by molar-refractivity contribution is -0.136. The minimum absolute atomic E-state index is 0.0103. The monoisotopic (exact) mass is 331 g/mol. The van der Waals surface area contributed by atoms with E-state index in [1.54, 1.807) is 23.1 Å². The Morgan fingerprint density at radius 1 is 1.33 bits per heavy atom. The van der Waals surface area contributed by atoms with Gasteiger partial charge in [0.25, 0.3) is 5.91 Å². The summed E-state index contributed by atoms with van der Waals surface area (Å²) in [4.78, 5) is 14.0. The summed E-state index contributed by atoms with van der Waals surface area (Å²) in [5.74, 6) is 0.264. The van der Waals surface area contributed by atoms with Crippen molar-refractivity contribution in [2.24, 2.45) is 0 Å². The van der Waals surface area contributed by atoms with E-state index in [1.165, 1.54) is 0 Å². The molecule has 1 aromatic rings. The van der Waals surface area contributed by atoms with Crippen molar-refractivity contribution in [1.82, 2.24) is 4.90 Å². The fourth-order valence-corrected chi connectivity index (χ4v) is 2.84. The van der Waals surface area contributed by atoms with E-state index in [2.05, 4.69) is 0 Å². The number of rotatable bonds is 4. The number of halogens is 2. The molecule has 0 radical (unpaired) electrons. The molecule has 1 aliphatic heterocycles. The Morgan fingerprint density at radius 3 is 2.90 bits per heavy atom. The number of benzene rings is 1. The highest BCUT2D eigenvalue weighted by molar-refractivity contribution is 6.34. The van der Waals surface area contributed by atoms with Gasteiger partial charge in [0, 0.05) is 17.6 Å². The second-order valence-corrected chi connectivity index (χ2v) is 5.98. The van der Waals surface area contributed by atoms with Crippen LogP contribution in [0.3, 0.4) is 0 Å². The highest BCUT2D eigenvalue weighted by atomic mass is 35.5. The fourth-order valence-electron chi connectivity index (χ4n) is 2.51. The molecule has 0 spiro atoms. The molecule has 6 heteroatoms. The average molecular weight is 332 g/mol. The smallest absolute Gasteiger partial charge is 0.260 e. The number of hydrogen-bond acceptors (Lipinski definition) is 3. The SMILES string of the molecule is O=C(COc1cc(Cl)ccc1Cl)N1CCCCCC1CO. The van der Waals surface area contributed by atoms with Crippen molar-refractivity contribution in [2.45, 2.75) is 31.7 Å². The van der Waals surface area contributed by atoms with Gasteiger partial charge in [0.1, 0.15) is 5.75 Å². The highest BCUT2D eigenvalue weighted by Crippen LogP contribution is 2.27. The zero-order valence-corrected chi connectivity index (χ0v) is 13.2. The molecule has 1 fully saturated rings. The van der Waals surface area contributed by atoms with Crippen LogP contribution in [0.4, 0.5) is 0 Å². The summed E-state index contributed by atoms with van der Waals surface area (Å²) >= 11 is 11.9. The summed E-state index contributed by atoms with van der Waals surface area (Å²) < 4.78 is 5.48. The van der Waals surface area contributed by atoms with Crippen LogP contribution >= 0.6 is 23.2 Å². The average Bonchev–Trinajstić information content (AvgIpc) is 2.73. The van der Waals surface area contributed by atoms with Crippen LogP contribution < -0.4 is 4.74 Å². The molecular weight excluding hydrogens is 313 g/mol. The van der Waals surface area contributed by atoms with Crippen LogP contribution in [-0.4, -0.2) is 41.7 Å². The maximum absolute atomic E-state index is 12.3. The maximum Gasteiger partial charge on any atom is 0.260 e. The van der Waals surface area contributed by atoms with E-state index in [1.807, 2.05) is 0 Å². The number of aliphatic hydroxyl groups is 1. The van der Waals surface area contributed by atoms with Crippen LogP contribution in [0.15, 0.2) is 18.2 Å². The van der Waals surface area contributed by atoms with Crippen molar-refractivity contribution in [3.63, 3.8) is 0 Å². The molecule has 21 heavy (non-hydrogen) atoms. The maximum atomic E-state index is 12.3. The van der Waals surface area contributed by atoms with Gasteiger partial charge < -0.3 is 14.7 Å². The molecule has 1 unspecified atom stereocenters. The van der Waals surface area contributed by atoms with Gasteiger partial charge >= 0.3 is 0 Å². The van der Waals surface area contributed by atoms with Crippen molar-refractivity contribution < 1.29 is 14.6 Å². The molecule has 1 aromatic carbocycles. The first-order chi connectivity index (χ1) is 10.1.